The maximum absolute atomic E-state index is 12.5. The minimum atomic E-state index is -0.127. The highest BCUT2D eigenvalue weighted by Crippen LogP contribution is 2.21. The summed E-state index contributed by atoms with van der Waals surface area (Å²) in [5, 5.41) is 3.17. The molecule has 0 aliphatic rings. The third-order valence-corrected chi connectivity index (χ3v) is 4.47. The van der Waals surface area contributed by atoms with Gasteiger partial charge in [0.15, 0.2) is 5.13 Å². The Balaban J connectivity index is 1.71. The monoisotopic (exact) mass is 358 g/mol. The second kappa shape index (κ2) is 7.47. The van der Waals surface area contributed by atoms with Crippen LogP contribution in [-0.2, 0) is 6.61 Å². The molecule has 24 heavy (non-hydrogen) atoms. The maximum Gasteiger partial charge on any atom is 0.259 e. The highest BCUT2D eigenvalue weighted by Gasteiger charge is 2.15. The van der Waals surface area contributed by atoms with Crippen LogP contribution in [0.5, 0.6) is 5.75 Å². The van der Waals surface area contributed by atoms with Gasteiger partial charge in [-0.25, -0.2) is 4.98 Å². The molecule has 0 spiro atoms. The first-order valence-corrected chi connectivity index (χ1v) is 8.54. The van der Waals surface area contributed by atoms with Gasteiger partial charge in [-0.1, -0.05) is 29.8 Å². The van der Waals surface area contributed by atoms with Crippen molar-refractivity contribution in [2.24, 2.45) is 0 Å². The fourth-order valence-corrected chi connectivity index (χ4v) is 2.99. The predicted molar refractivity (Wildman–Crippen MR) is 97.1 cm³/mol. The number of benzene rings is 2. The van der Waals surface area contributed by atoms with E-state index in [1.807, 2.05) is 35.7 Å². The first-order valence-electron chi connectivity index (χ1n) is 7.28. The lowest BCUT2D eigenvalue weighted by Crippen LogP contribution is -2.25. The molecule has 0 aliphatic carbocycles. The number of halogens is 1. The molecule has 0 unspecified atom stereocenters. The van der Waals surface area contributed by atoms with E-state index in [9.17, 15) is 4.79 Å². The van der Waals surface area contributed by atoms with Gasteiger partial charge in [-0.2, -0.15) is 0 Å². The second-order valence-electron chi connectivity index (χ2n) is 5.13. The molecule has 4 nitrogen and oxygen atoms in total. The van der Waals surface area contributed by atoms with E-state index in [0.717, 1.165) is 5.56 Å². The Morgan fingerprint density at radius 1 is 1.25 bits per heavy atom. The van der Waals surface area contributed by atoms with E-state index >= 15 is 0 Å². The van der Waals surface area contributed by atoms with Crippen LogP contribution < -0.4 is 9.64 Å². The molecule has 0 atom stereocenters. The summed E-state index contributed by atoms with van der Waals surface area (Å²) in [4.78, 5) is 18.2. The van der Waals surface area contributed by atoms with Crippen molar-refractivity contribution in [2.45, 2.75) is 6.61 Å². The summed E-state index contributed by atoms with van der Waals surface area (Å²) in [5.74, 6) is 0.506. The SMILES string of the molecule is CN(C(=O)c1cccc(OCc2cccc(Cl)c2)c1)c1nccs1. The number of hydrogen-bond donors (Lipinski definition) is 0. The number of amides is 1. The number of nitrogens with zero attached hydrogens (tertiary/aromatic N) is 2. The topological polar surface area (TPSA) is 42.4 Å². The molecule has 122 valence electrons. The molecule has 0 N–H and O–H groups in total. The van der Waals surface area contributed by atoms with Gasteiger partial charge in [-0.3, -0.25) is 9.69 Å². The first-order chi connectivity index (χ1) is 11.6. The lowest BCUT2D eigenvalue weighted by atomic mass is 10.2. The molecule has 3 rings (SSSR count). The molecule has 3 aromatic rings. The van der Waals surface area contributed by atoms with Crippen LogP contribution in [0.4, 0.5) is 5.13 Å². The van der Waals surface area contributed by atoms with Gasteiger partial charge in [0.05, 0.1) is 0 Å². The molecule has 0 saturated carbocycles. The number of ether oxygens (including phenoxy) is 1. The average molecular weight is 359 g/mol. The Bertz CT molecular complexity index is 837. The number of thiazole rings is 1. The zero-order valence-corrected chi connectivity index (χ0v) is 14.6. The maximum atomic E-state index is 12.5. The van der Waals surface area contributed by atoms with Crippen molar-refractivity contribution >= 4 is 34.0 Å². The lowest BCUT2D eigenvalue weighted by molar-refractivity contribution is 0.0992. The van der Waals surface area contributed by atoms with Crippen LogP contribution in [0, 0.1) is 0 Å². The molecular weight excluding hydrogens is 344 g/mol. The zero-order chi connectivity index (χ0) is 16.9. The molecule has 1 heterocycles. The summed E-state index contributed by atoms with van der Waals surface area (Å²) in [6, 6.07) is 14.6. The highest BCUT2D eigenvalue weighted by molar-refractivity contribution is 7.13. The van der Waals surface area contributed by atoms with Crippen LogP contribution in [0.3, 0.4) is 0 Å². The third-order valence-electron chi connectivity index (χ3n) is 3.39. The molecule has 1 amide bonds. The van der Waals surface area contributed by atoms with Crippen molar-refractivity contribution in [2.75, 3.05) is 11.9 Å². The van der Waals surface area contributed by atoms with Crippen molar-refractivity contribution in [1.82, 2.24) is 4.98 Å². The zero-order valence-electron chi connectivity index (χ0n) is 13.0. The molecule has 6 heteroatoms. The largest absolute Gasteiger partial charge is 0.489 e. The summed E-state index contributed by atoms with van der Waals surface area (Å²) < 4.78 is 5.77. The highest BCUT2D eigenvalue weighted by atomic mass is 35.5. The Hall–Kier alpha value is -2.37. The average Bonchev–Trinajstić information content (AvgIpc) is 3.14. The smallest absolute Gasteiger partial charge is 0.259 e. The normalized spacial score (nSPS) is 10.4. The number of anilines is 1. The number of carbonyl (C=O) groups is 1. The van der Waals surface area contributed by atoms with Gasteiger partial charge in [0.1, 0.15) is 12.4 Å². The van der Waals surface area contributed by atoms with Gasteiger partial charge in [-0.15, -0.1) is 11.3 Å². The molecule has 0 saturated heterocycles. The Morgan fingerprint density at radius 3 is 2.83 bits per heavy atom. The molecule has 2 aromatic carbocycles. The minimum Gasteiger partial charge on any atom is -0.489 e. The van der Waals surface area contributed by atoms with Crippen LogP contribution in [0.15, 0.2) is 60.1 Å². The quantitative estimate of drug-likeness (QED) is 0.666. The van der Waals surface area contributed by atoms with Crippen molar-refractivity contribution in [3.8, 4) is 5.75 Å². The number of hydrogen-bond acceptors (Lipinski definition) is 4. The van der Waals surface area contributed by atoms with Crippen LogP contribution in [0.25, 0.3) is 0 Å². The summed E-state index contributed by atoms with van der Waals surface area (Å²) in [6.07, 6.45) is 1.67. The molecule has 0 bridgehead atoms. The van der Waals surface area contributed by atoms with Crippen LogP contribution >= 0.6 is 22.9 Å². The summed E-state index contributed by atoms with van der Waals surface area (Å²) in [7, 11) is 1.71. The fourth-order valence-electron chi connectivity index (χ4n) is 2.17. The first kappa shape index (κ1) is 16.5. The van der Waals surface area contributed by atoms with Crippen LogP contribution in [-0.4, -0.2) is 17.9 Å². The van der Waals surface area contributed by atoms with E-state index in [1.165, 1.54) is 16.2 Å². The van der Waals surface area contributed by atoms with Gasteiger partial charge in [0.2, 0.25) is 0 Å². The van der Waals surface area contributed by atoms with Crippen LogP contribution in [0.1, 0.15) is 15.9 Å². The van der Waals surface area contributed by atoms with Gasteiger partial charge in [0.25, 0.3) is 5.91 Å². The van der Waals surface area contributed by atoms with E-state index in [-0.39, 0.29) is 5.91 Å². The van der Waals surface area contributed by atoms with E-state index in [1.54, 1.807) is 31.4 Å². The predicted octanol–water partition coefficient (Wildman–Crippen LogP) is 4.65. The number of aromatic nitrogens is 1. The van der Waals surface area contributed by atoms with Crippen molar-refractivity contribution < 1.29 is 9.53 Å². The van der Waals surface area contributed by atoms with Gasteiger partial charge in [0, 0.05) is 29.2 Å². The molecule has 1 aromatic heterocycles. The van der Waals surface area contributed by atoms with E-state index < -0.39 is 0 Å². The van der Waals surface area contributed by atoms with Crippen molar-refractivity contribution in [1.29, 1.82) is 0 Å². The Morgan fingerprint density at radius 2 is 2.08 bits per heavy atom. The molecule has 0 radical (unpaired) electrons. The van der Waals surface area contributed by atoms with Gasteiger partial charge in [-0.05, 0) is 35.9 Å². The van der Waals surface area contributed by atoms with Crippen molar-refractivity contribution in [3.63, 3.8) is 0 Å². The standard InChI is InChI=1S/C18H15ClN2O2S/c1-21(18-20-8-9-24-18)17(22)14-5-3-7-16(11-14)23-12-13-4-2-6-15(19)10-13/h2-11H,12H2,1H3. The summed E-state index contributed by atoms with van der Waals surface area (Å²) >= 11 is 7.38. The fraction of sp³-hybridized carbons (Fsp3) is 0.111. The van der Waals surface area contributed by atoms with Crippen LogP contribution in [0.2, 0.25) is 5.02 Å². The Labute approximate surface area is 149 Å². The third kappa shape index (κ3) is 3.93. The summed E-state index contributed by atoms with van der Waals surface area (Å²) in [5.41, 5.74) is 1.52. The van der Waals surface area contributed by atoms with E-state index in [4.69, 9.17) is 16.3 Å². The molecular formula is C18H15ClN2O2S. The second-order valence-corrected chi connectivity index (χ2v) is 6.43. The summed E-state index contributed by atoms with van der Waals surface area (Å²) in [6.45, 7) is 0.389. The lowest BCUT2D eigenvalue weighted by Gasteiger charge is -2.14. The van der Waals surface area contributed by atoms with Crippen molar-refractivity contribution in [3.05, 3.63) is 76.3 Å². The molecule has 0 aliphatic heterocycles. The molecule has 0 fully saturated rings. The number of rotatable bonds is 5. The van der Waals surface area contributed by atoms with Gasteiger partial charge >= 0.3 is 0 Å². The van der Waals surface area contributed by atoms with E-state index in [0.29, 0.717) is 28.1 Å². The van der Waals surface area contributed by atoms with E-state index in [2.05, 4.69) is 4.98 Å². The van der Waals surface area contributed by atoms with Gasteiger partial charge < -0.3 is 4.74 Å². The minimum absolute atomic E-state index is 0.127. The number of carbonyl (C=O) groups excluding carboxylic acids is 1. The Kier molecular flexibility index (Phi) is 5.13.